The highest BCUT2D eigenvalue weighted by Crippen LogP contribution is 2.23. The van der Waals surface area contributed by atoms with Gasteiger partial charge in [0.05, 0.1) is 6.04 Å². The maximum atomic E-state index is 4.35. The van der Waals surface area contributed by atoms with Crippen molar-refractivity contribution >= 4 is 5.69 Å². The first-order valence-corrected chi connectivity index (χ1v) is 7.61. The smallest absolute Gasteiger partial charge is 0.167 e. The van der Waals surface area contributed by atoms with Crippen LogP contribution < -0.4 is 10.2 Å². The van der Waals surface area contributed by atoms with E-state index in [-0.39, 0.29) is 6.04 Å². The minimum absolute atomic E-state index is 0.206. The quantitative estimate of drug-likeness (QED) is 0.912. The van der Waals surface area contributed by atoms with Gasteiger partial charge in [0, 0.05) is 32.4 Å². The molecular formula is C16H23N5. The topological polar surface area (TPSA) is 46.0 Å². The number of nitrogens with one attached hydrogen (secondary N) is 1. The average Bonchev–Trinajstić information content (AvgIpc) is 3.15. The first-order chi connectivity index (χ1) is 10.2. The Hall–Kier alpha value is -1.88. The molecule has 1 saturated heterocycles. The number of anilines is 1. The van der Waals surface area contributed by atoms with Crippen molar-refractivity contribution in [2.75, 3.05) is 24.5 Å². The summed E-state index contributed by atoms with van der Waals surface area (Å²) >= 11 is 0. The van der Waals surface area contributed by atoms with Crippen molar-refractivity contribution in [3.05, 3.63) is 42.5 Å². The number of hydrogen-bond acceptors (Lipinski definition) is 4. The van der Waals surface area contributed by atoms with E-state index in [1.807, 2.05) is 7.05 Å². The molecule has 0 unspecified atom stereocenters. The third-order valence-electron chi connectivity index (χ3n) is 4.12. The molecule has 1 aliphatic rings. The molecule has 0 radical (unpaired) electrons. The highest BCUT2D eigenvalue weighted by atomic mass is 15.3. The molecule has 1 fully saturated rings. The van der Waals surface area contributed by atoms with Crippen molar-refractivity contribution in [1.29, 1.82) is 0 Å². The zero-order valence-electron chi connectivity index (χ0n) is 12.7. The summed E-state index contributed by atoms with van der Waals surface area (Å²) in [7, 11) is 1.90. The van der Waals surface area contributed by atoms with Crippen LogP contribution in [0.15, 0.2) is 36.7 Å². The molecular weight excluding hydrogens is 262 g/mol. The molecule has 0 saturated carbocycles. The minimum Gasteiger partial charge on any atom is -0.371 e. The van der Waals surface area contributed by atoms with Crippen LogP contribution in [-0.4, -0.2) is 34.4 Å². The molecule has 1 aromatic carbocycles. The first-order valence-electron chi connectivity index (χ1n) is 7.61. The standard InChI is InChI=1S/C16H23N5/c1-13(16-18-12-20(2)19-16)17-10-14-8-9-21(11-14)15-6-4-3-5-7-15/h3-7,12-14,17H,8-11H2,1-2H3/t13-,14-/m0/s1. The highest BCUT2D eigenvalue weighted by Gasteiger charge is 2.23. The zero-order valence-corrected chi connectivity index (χ0v) is 12.7. The van der Waals surface area contributed by atoms with Crippen LogP contribution in [0.3, 0.4) is 0 Å². The maximum Gasteiger partial charge on any atom is 0.167 e. The Morgan fingerprint density at radius 1 is 1.33 bits per heavy atom. The summed E-state index contributed by atoms with van der Waals surface area (Å²) in [5.74, 6) is 1.56. The van der Waals surface area contributed by atoms with E-state index in [0.717, 1.165) is 25.5 Å². The van der Waals surface area contributed by atoms with Gasteiger partial charge in [0.2, 0.25) is 0 Å². The molecule has 2 heterocycles. The largest absolute Gasteiger partial charge is 0.371 e. The van der Waals surface area contributed by atoms with Gasteiger partial charge in [-0.25, -0.2) is 4.98 Å². The van der Waals surface area contributed by atoms with Crippen LogP contribution in [0.4, 0.5) is 5.69 Å². The van der Waals surface area contributed by atoms with Gasteiger partial charge in [-0.3, -0.25) is 4.68 Å². The molecule has 2 atom stereocenters. The van der Waals surface area contributed by atoms with E-state index < -0.39 is 0 Å². The number of benzene rings is 1. The predicted molar refractivity (Wildman–Crippen MR) is 84.2 cm³/mol. The minimum atomic E-state index is 0.206. The summed E-state index contributed by atoms with van der Waals surface area (Å²) in [5.41, 5.74) is 1.33. The summed E-state index contributed by atoms with van der Waals surface area (Å²) in [5, 5.41) is 7.91. The van der Waals surface area contributed by atoms with Crippen molar-refractivity contribution in [3.63, 3.8) is 0 Å². The zero-order chi connectivity index (χ0) is 14.7. The maximum absolute atomic E-state index is 4.35. The van der Waals surface area contributed by atoms with Gasteiger partial charge in [-0.1, -0.05) is 18.2 Å². The molecule has 1 N–H and O–H groups in total. The molecule has 5 nitrogen and oxygen atoms in total. The SMILES string of the molecule is C[C@H](NC[C@@H]1CCN(c2ccccc2)C1)c1ncn(C)n1. The summed E-state index contributed by atoms with van der Waals surface area (Å²) in [6.07, 6.45) is 2.99. The van der Waals surface area contributed by atoms with Gasteiger partial charge in [-0.05, 0) is 31.4 Å². The normalized spacial score (nSPS) is 19.9. The number of aromatic nitrogens is 3. The Balaban J connectivity index is 1.49. The van der Waals surface area contributed by atoms with E-state index in [9.17, 15) is 0 Å². The van der Waals surface area contributed by atoms with Crippen LogP contribution in [0.5, 0.6) is 0 Å². The number of aryl methyl sites for hydroxylation is 1. The third-order valence-corrected chi connectivity index (χ3v) is 4.12. The van der Waals surface area contributed by atoms with Crippen LogP contribution in [0.1, 0.15) is 25.2 Å². The van der Waals surface area contributed by atoms with Gasteiger partial charge in [0.1, 0.15) is 6.33 Å². The molecule has 0 spiro atoms. The fourth-order valence-electron chi connectivity index (χ4n) is 2.86. The number of rotatable bonds is 5. The molecule has 0 bridgehead atoms. The average molecular weight is 285 g/mol. The van der Waals surface area contributed by atoms with Crippen molar-refractivity contribution in [2.45, 2.75) is 19.4 Å². The van der Waals surface area contributed by atoms with Crippen molar-refractivity contribution in [1.82, 2.24) is 20.1 Å². The molecule has 1 aromatic heterocycles. The molecule has 3 rings (SSSR count). The Labute approximate surface area is 126 Å². The monoisotopic (exact) mass is 285 g/mol. The van der Waals surface area contributed by atoms with Crippen molar-refractivity contribution in [3.8, 4) is 0 Å². The van der Waals surface area contributed by atoms with E-state index in [2.05, 4.69) is 57.6 Å². The second-order valence-corrected chi connectivity index (χ2v) is 5.84. The van der Waals surface area contributed by atoms with E-state index in [4.69, 9.17) is 0 Å². The second-order valence-electron chi connectivity index (χ2n) is 5.84. The lowest BCUT2D eigenvalue weighted by molar-refractivity contribution is 0.460. The Morgan fingerprint density at radius 2 is 2.14 bits per heavy atom. The molecule has 5 heteroatoms. The van der Waals surface area contributed by atoms with E-state index in [1.165, 1.54) is 12.1 Å². The van der Waals surface area contributed by atoms with Crippen molar-refractivity contribution < 1.29 is 0 Å². The molecule has 0 aliphatic carbocycles. The lowest BCUT2D eigenvalue weighted by Crippen LogP contribution is -2.28. The molecule has 21 heavy (non-hydrogen) atoms. The molecule has 2 aromatic rings. The van der Waals surface area contributed by atoms with E-state index in [0.29, 0.717) is 5.92 Å². The predicted octanol–water partition coefficient (Wildman–Crippen LogP) is 1.99. The van der Waals surface area contributed by atoms with Crippen LogP contribution >= 0.6 is 0 Å². The van der Waals surface area contributed by atoms with Crippen molar-refractivity contribution in [2.24, 2.45) is 13.0 Å². The van der Waals surface area contributed by atoms with Gasteiger partial charge in [-0.15, -0.1) is 0 Å². The van der Waals surface area contributed by atoms with Gasteiger partial charge < -0.3 is 10.2 Å². The van der Waals surface area contributed by atoms with Crippen LogP contribution in [-0.2, 0) is 7.05 Å². The van der Waals surface area contributed by atoms with Crippen LogP contribution in [0, 0.1) is 5.92 Å². The van der Waals surface area contributed by atoms with Gasteiger partial charge in [-0.2, -0.15) is 5.10 Å². The van der Waals surface area contributed by atoms with E-state index >= 15 is 0 Å². The molecule has 112 valence electrons. The lowest BCUT2D eigenvalue weighted by Gasteiger charge is -2.19. The van der Waals surface area contributed by atoms with E-state index in [1.54, 1.807) is 11.0 Å². The van der Waals surface area contributed by atoms with Crippen LogP contribution in [0.2, 0.25) is 0 Å². The number of nitrogens with zero attached hydrogens (tertiary/aromatic N) is 4. The molecule has 1 aliphatic heterocycles. The first kappa shape index (κ1) is 14.1. The highest BCUT2D eigenvalue weighted by molar-refractivity contribution is 5.46. The third kappa shape index (κ3) is 3.42. The van der Waals surface area contributed by atoms with Crippen LogP contribution in [0.25, 0.3) is 0 Å². The second kappa shape index (κ2) is 6.26. The lowest BCUT2D eigenvalue weighted by atomic mass is 10.1. The Bertz CT molecular complexity index is 565. The summed E-state index contributed by atoms with van der Waals surface area (Å²) < 4.78 is 1.75. The number of para-hydroxylation sites is 1. The summed E-state index contributed by atoms with van der Waals surface area (Å²) in [6.45, 7) is 5.41. The fourth-order valence-corrected chi connectivity index (χ4v) is 2.86. The van der Waals surface area contributed by atoms with Gasteiger partial charge in [0.25, 0.3) is 0 Å². The molecule has 0 amide bonds. The summed E-state index contributed by atoms with van der Waals surface area (Å²) in [6, 6.07) is 10.9. The Morgan fingerprint density at radius 3 is 2.86 bits per heavy atom. The van der Waals surface area contributed by atoms with Gasteiger partial charge >= 0.3 is 0 Å². The van der Waals surface area contributed by atoms with Gasteiger partial charge in [0.15, 0.2) is 5.82 Å². The number of hydrogen-bond donors (Lipinski definition) is 1. The summed E-state index contributed by atoms with van der Waals surface area (Å²) in [4.78, 5) is 6.77. The Kier molecular flexibility index (Phi) is 4.20. The fraction of sp³-hybridized carbons (Fsp3) is 0.500.